The number of carbonyl (C=O) groups is 2. The van der Waals surface area contributed by atoms with Crippen molar-refractivity contribution in [2.24, 2.45) is 0 Å². The number of hydrogen-bond donors (Lipinski definition) is 1. The first-order valence-corrected chi connectivity index (χ1v) is 8.73. The van der Waals surface area contributed by atoms with Crippen LogP contribution in [0, 0.1) is 6.92 Å². The Bertz CT molecular complexity index is 721. The Labute approximate surface area is 149 Å². The number of nitrogens with zero attached hydrogens (tertiary/aromatic N) is 1. The molecule has 25 heavy (non-hydrogen) atoms. The third-order valence-corrected chi connectivity index (χ3v) is 4.06. The molecule has 0 spiro atoms. The summed E-state index contributed by atoms with van der Waals surface area (Å²) in [6.45, 7) is 6.88. The fourth-order valence-corrected chi connectivity index (χ4v) is 2.61. The molecule has 2 amide bonds. The number of anilines is 1. The van der Waals surface area contributed by atoms with Gasteiger partial charge in [0.15, 0.2) is 0 Å². The summed E-state index contributed by atoms with van der Waals surface area (Å²) in [5, 5.41) is 2.85. The second-order valence-corrected chi connectivity index (χ2v) is 6.02. The van der Waals surface area contributed by atoms with E-state index in [2.05, 4.69) is 12.2 Å². The fraction of sp³-hybridized carbons (Fsp3) is 0.400. The Morgan fingerprint density at radius 2 is 1.92 bits per heavy atom. The first-order chi connectivity index (χ1) is 12.0. The highest BCUT2D eigenvalue weighted by atomic mass is 16.3. The second kappa shape index (κ2) is 9.06. The van der Waals surface area contributed by atoms with Gasteiger partial charge in [-0.25, -0.2) is 0 Å². The highest BCUT2D eigenvalue weighted by molar-refractivity contribution is 5.93. The predicted octanol–water partition coefficient (Wildman–Crippen LogP) is 3.92. The van der Waals surface area contributed by atoms with Gasteiger partial charge in [0.2, 0.25) is 11.8 Å². The quantitative estimate of drug-likeness (QED) is 0.791. The SMILES string of the molecule is CCc1cccc(NC(=O)CCC(=O)N(CC)Cc2ccc(C)o2)c1. The average molecular weight is 342 g/mol. The van der Waals surface area contributed by atoms with Crippen LogP contribution in [-0.4, -0.2) is 23.3 Å². The molecule has 2 rings (SSSR count). The van der Waals surface area contributed by atoms with E-state index in [0.717, 1.165) is 23.6 Å². The summed E-state index contributed by atoms with van der Waals surface area (Å²) in [5.74, 6) is 1.39. The van der Waals surface area contributed by atoms with Crippen molar-refractivity contribution in [1.29, 1.82) is 0 Å². The van der Waals surface area contributed by atoms with Crippen LogP contribution in [0.25, 0.3) is 0 Å². The number of amides is 2. The number of rotatable bonds is 8. The van der Waals surface area contributed by atoms with E-state index in [0.29, 0.717) is 13.1 Å². The predicted molar refractivity (Wildman–Crippen MR) is 98.2 cm³/mol. The molecule has 0 saturated heterocycles. The monoisotopic (exact) mass is 342 g/mol. The van der Waals surface area contributed by atoms with Crippen LogP contribution in [-0.2, 0) is 22.6 Å². The molecule has 0 unspecified atom stereocenters. The number of carbonyl (C=O) groups excluding carboxylic acids is 2. The molecule has 0 atom stereocenters. The lowest BCUT2D eigenvalue weighted by atomic mass is 10.1. The molecule has 5 heteroatoms. The third-order valence-electron chi connectivity index (χ3n) is 4.06. The maximum Gasteiger partial charge on any atom is 0.224 e. The lowest BCUT2D eigenvalue weighted by Gasteiger charge is -2.19. The molecule has 134 valence electrons. The molecule has 0 aliphatic heterocycles. The van der Waals surface area contributed by atoms with Crippen molar-refractivity contribution in [3.63, 3.8) is 0 Å². The minimum atomic E-state index is -0.147. The van der Waals surface area contributed by atoms with E-state index in [-0.39, 0.29) is 24.7 Å². The van der Waals surface area contributed by atoms with Crippen molar-refractivity contribution >= 4 is 17.5 Å². The van der Waals surface area contributed by atoms with Gasteiger partial charge in [-0.05, 0) is 50.1 Å². The first-order valence-electron chi connectivity index (χ1n) is 8.73. The maximum absolute atomic E-state index is 12.3. The molecule has 0 aliphatic rings. The number of nitrogens with one attached hydrogen (secondary N) is 1. The zero-order valence-electron chi connectivity index (χ0n) is 15.2. The van der Waals surface area contributed by atoms with Crippen molar-refractivity contribution in [2.75, 3.05) is 11.9 Å². The third kappa shape index (κ3) is 5.78. The van der Waals surface area contributed by atoms with Crippen LogP contribution in [0.5, 0.6) is 0 Å². The highest BCUT2D eigenvalue weighted by Crippen LogP contribution is 2.13. The summed E-state index contributed by atoms with van der Waals surface area (Å²) < 4.78 is 5.52. The zero-order valence-corrected chi connectivity index (χ0v) is 15.2. The summed E-state index contributed by atoms with van der Waals surface area (Å²) in [6.07, 6.45) is 1.27. The second-order valence-electron chi connectivity index (χ2n) is 6.02. The minimum Gasteiger partial charge on any atom is -0.464 e. The number of furan rings is 1. The first kappa shape index (κ1) is 18.8. The van der Waals surface area contributed by atoms with Crippen LogP contribution in [0.1, 0.15) is 43.8 Å². The van der Waals surface area contributed by atoms with E-state index in [9.17, 15) is 9.59 Å². The van der Waals surface area contributed by atoms with E-state index in [1.54, 1.807) is 4.90 Å². The largest absolute Gasteiger partial charge is 0.464 e. The van der Waals surface area contributed by atoms with Crippen LogP contribution < -0.4 is 5.32 Å². The van der Waals surface area contributed by atoms with Crippen molar-refractivity contribution in [3.05, 3.63) is 53.5 Å². The molecule has 2 aromatic rings. The summed E-state index contributed by atoms with van der Waals surface area (Å²) in [4.78, 5) is 26.1. The Morgan fingerprint density at radius 1 is 1.12 bits per heavy atom. The van der Waals surface area contributed by atoms with Crippen LogP contribution in [0.4, 0.5) is 5.69 Å². The van der Waals surface area contributed by atoms with Crippen LogP contribution >= 0.6 is 0 Å². The van der Waals surface area contributed by atoms with Gasteiger partial charge in [0, 0.05) is 25.1 Å². The molecular weight excluding hydrogens is 316 g/mol. The van der Waals surface area contributed by atoms with Gasteiger partial charge >= 0.3 is 0 Å². The van der Waals surface area contributed by atoms with Crippen molar-refractivity contribution in [2.45, 2.75) is 46.6 Å². The van der Waals surface area contributed by atoms with Crippen LogP contribution in [0.15, 0.2) is 40.8 Å². The number of benzene rings is 1. The molecular formula is C20H26N2O3. The molecule has 1 aromatic heterocycles. The van der Waals surface area contributed by atoms with E-state index >= 15 is 0 Å². The minimum absolute atomic E-state index is 0.0472. The molecule has 0 fully saturated rings. The fourth-order valence-electron chi connectivity index (χ4n) is 2.61. The Morgan fingerprint density at radius 3 is 2.56 bits per heavy atom. The summed E-state index contributed by atoms with van der Waals surface area (Å²) in [6, 6.07) is 11.5. The van der Waals surface area contributed by atoms with Gasteiger partial charge < -0.3 is 14.6 Å². The number of hydrogen-bond acceptors (Lipinski definition) is 3. The number of aryl methyl sites for hydroxylation is 2. The topological polar surface area (TPSA) is 62.6 Å². The molecule has 0 aliphatic carbocycles. The normalized spacial score (nSPS) is 10.5. The molecule has 0 saturated carbocycles. The molecule has 1 heterocycles. The molecule has 5 nitrogen and oxygen atoms in total. The summed E-state index contributed by atoms with van der Waals surface area (Å²) >= 11 is 0. The van der Waals surface area contributed by atoms with E-state index in [1.807, 2.05) is 50.2 Å². The molecule has 1 N–H and O–H groups in total. The van der Waals surface area contributed by atoms with Gasteiger partial charge in [-0.3, -0.25) is 9.59 Å². The average Bonchev–Trinajstić information content (AvgIpc) is 3.02. The van der Waals surface area contributed by atoms with Gasteiger partial charge in [0.05, 0.1) is 6.54 Å². The Hall–Kier alpha value is -2.56. The Kier molecular flexibility index (Phi) is 6.81. The van der Waals surface area contributed by atoms with Crippen molar-refractivity contribution < 1.29 is 14.0 Å². The lowest BCUT2D eigenvalue weighted by molar-refractivity contribution is -0.133. The highest BCUT2D eigenvalue weighted by Gasteiger charge is 2.15. The lowest BCUT2D eigenvalue weighted by Crippen LogP contribution is -2.30. The van der Waals surface area contributed by atoms with Crippen molar-refractivity contribution in [1.82, 2.24) is 4.90 Å². The zero-order chi connectivity index (χ0) is 18.2. The van der Waals surface area contributed by atoms with Crippen LogP contribution in [0.3, 0.4) is 0 Å². The van der Waals surface area contributed by atoms with E-state index in [4.69, 9.17) is 4.42 Å². The van der Waals surface area contributed by atoms with E-state index in [1.165, 1.54) is 5.56 Å². The van der Waals surface area contributed by atoms with Crippen molar-refractivity contribution in [3.8, 4) is 0 Å². The van der Waals surface area contributed by atoms with Gasteiger partial charge in [-0.1, -0.05) is 19.1 Å². The summed E-state index contributed by atoms with van der Waals surface area (Å²) in [7, 11) is 0. The standard InChI is InChI=1S/C20H26N2O3/c1-4-16-7-6-8-17(13-16)21-19(23)11-12-20(24)22(5-2)14-18-10-9-15(3)25-18/h6-10,13H,4-5,11-12,14H2,1-3H3,(H,21,23). The summed E-state index contributed by atoms with van der Waals surface area (Å²) in [5.41, 5.74) is 1.94. The van der Waals surface area contributed by atoms with Gasteiger partial charge in [0.1, 0.15) is 11.5 Å². The van der Waals surface area contributed by atoms with Gasteiger partial charge in [-0.15, -0.1) is 0 Å². The molecule has 1 aromatic carbocycles. The van der Waals surface area contributed by atoms with Crippen LogP contribution in [0.2, 0.25) is 0 Å². The molecule has 0 radical (unpaired) electrons. The van der Waals surface area contributed by atoms with Gasteiger partial charge in [0.25, 0.3) is 0 Å². The Balaban J connectivity index is 1.83. The smallest absolute Gasteiger partial charge is 0.224 e. The van der Waals surface area contributed by atoms with Gasteiger partial charge in [-0.2, -0.15) is 0 Å². The van der Waals surface area contributed by atoms with E-state index < -0.39 is 0 Å². The maximum atomic E-state index is 12.3. The molecule has 0 bridgehead atoms.